The van der Waals surface area contributed by atoms with E-state index in [0.29, 0.717) is 0 Å². The van der Waals surface area contributed by atoms with Gasteiger partial charge in [-0.15, -0.1) is 0 Å². The quantitative estimate of drug-likeness (QED) is 0.486. The molecule has 0 radical (unpaired) electrons. The van der Waals surface area contributed by atoms with Crippen molar-refractivity contribution in [3.8, 4) is 0 Å². The van der Waals surface area contributed by atoms with Gasteiger partial charge in [-0.2, -0.15) is 0 Å². The SMILES string of the molecule is CCCCCCCN(C)C.O=P(O)(O)O. The highest BCUT2D eigenvalue weighted by molar-refractivity contribution is 7.45. The van der Waals surface area contributed by atoms with Crippen LogP contribution in [0.5, 0.6) is 0 Å². The molecule has 5 nitrogen and oxygen atoms in total. The van der Waals surface area contributed by atoms with Crippen molar-refractivity contribution in [2.75, 3.05) is 20.6 Å². The molecule has 0 spiro atoms. The molecule has 0 fully saturated rings. The number of hydrogen-bond acceptors (Lipinski definition) is 2. The van der Waals surface area contributed by atoms with Gasteiger partial charge in [0.1, 0.15) is 0 Å². The lowest BCUT2D eigenvalue weighted by Crippen LogP contribution is -2.12. The van der Waals surface area contributed by atoms with Crippen LogP contribution in [0.15, 0.2) is 0 Å². The molecule has 3 N–H and O–H groups in total. The van der Waals surface area contributed by atoms with Crippen molar-refractivity contribution in [2.45, 2.75) is 39.0 Å². The fraction of sp³-hybridized carbons (Fsp3) is 1.00. The summed E-state index contributed by atoms with van der Waals surface area (Å²) in [5.41, 5.74) is 0. The van der Waals surface area contributed by atoms with Crippen LogP contribution in [0.4, 0.5) is 0 Å². The maximum absolute atomic E-state index is 8.88. The minimum Gasteiger partial charge on any atom is -0.309 e. The summed E-state index contributed by atoms with van der Waals surface area (Å²) >= 11 is 0. The van der Waals surface area contributed by atoms with Crippen LogP contribution in [0.2, 0.25) is 0 Å². The molecule has 0 atom stereocenters. The monoisotopic (exact) mass is 241 g/mol. The van der Waals surface area contributed by atoms with Crippen LogP contribution in [0.25, 0.3) is 0 Å². The molecule has 0 rings (SSSR count). The summed E-state index contributed by atoms with van der Waals surface area (Å²) in [6.45, 7) is 3.51. The van der Waals surface area contributed by atoms with Gasteiger partial charge in [0.25, 0.3) is 0 Å². The fourth-order valence-electron chi connectivity index (χ4n) is 1.03. The lowest BCUT2D eigenvalue weighted by atomic mass is 10.1. The first-order valence-corrected chi connectivity index (χ1v) is 6.77. The van der Waals surface area contributed by atoms with Gasteiger partial charge in [0.15, 0.2) is 0 Å². The van der Waals surface area contributed by atoms with Crippen LogP contribution in [-0.4, -0.2) is 40.2 Å². The first-order valence-electron chi connectivity index (χ1n) is 5.20. The topological polar surface area (TPSA) is 81.0 Å². The van der Waals surface area contributed by atoms with Crippen molar-refractivity contribution in [1.29, 1.82) is 0 Å². The van der Waals surface area contributed by atoms with E-state index in [1.54, 1.807) is 0 Å². The van der Waals surface area contributed by atoms with Gasteiger partial charge in [0.05, 0.1) is 0 Å². The number of rotatable bonds is 6. The van der Waals surface area contributed by atoms with Gasteiger partial charge in [0, 0.05) is 0 Å². The van der Waals surface area contributed by atoms with Crippen molar-refractivity contribution < 1.29 is 19.2 Å². The second-order valence-corrected chi connectivity index (χ2v) is 4.76. The van der Waals surface area contributed by atoms with Gasteiger partial charge in [0.2, 0.25) is 0 Å². The molecule has 0 saturated heterocycles. The van der Waals surface area contributed by atoms with Gasteiger partial charge >= 0.3 is 7.82 Å². The Bertz CT molecular complexity index is 161. The molecule has 0 saturated carbocycles. The van der Waals surface area contributed by atoms with Crippen molar-refractivity contribution in [2.24, 2.45) is 0 Å². The van der Waals surface area contributed by atoms with E-state index in [4.69, 9.17) is 19.2 Å². The first kappa shape index (κ1) is 17.5. The van der Waals surface area contributed by atoms with Gasteiger partial charge in [-0.1, -0.05) is 32.6 Å². The second kappa shape index (κ2) is 10.6. The van der Waals surface area contributed by atoms with E-state index in [9.17, 15) is 0 Å². The normalized spacial score (nSPS) is 11.1. The maximum Gasteiger partial charge on any atom is 0.466 e. The molecule has 0 aromatic heterocycles. The molecule has 0 aromatic carbocycles. The molecule has 0 unspecified atom stereocenters. The first-order chi connectivity index (χ1) is 6.77. The average Bonchev–Trinajstić information content (AvgIpc) is 2.00. The molecule has 0 aliphatic rings. The Morgan fingerprint density at radius 2 is 1.40 bits per heavy atom. The van der Waals surface area contributed by atoms with Crippen molar-refractivity contribution in [1.82, 2.24) is 4.90 Å². The fourth-order valence-corrected chi connectivity index (χ4v) is 1.03. The summed E-state index contributed by atoms with van der Waals surface area (Å²) in [7, 11) is -0.361. The highest BCUT2D eigenvalue weighted by atomic mass is 31.2. The summed E-state index contributed by atoms with van der Waals surface area (Å²) in [4.78, 5) is 23.8. The molecule has 0 heterocycles. The average molecular weight is 241 g/mol. The Balaban J connectivity index is 0. The number of nitrogens with zero attached hydrogens (tertiary/aromatic N) is 1. The lowest BCUT2D eigenvalue weighted by molar-refractivity contribution is 0.275. The summed E-state index contributed by atoms with van der Waals surface area (Å²) in [5, 5.41) is 0. The van der Waals surface area contributed by atoms with Crippen LogP contribution in [0.3, 0.4) is 0 Å². The minimum atomic E-state index is -4.64. The number of hydrogen-bond donors (Lipinski definition) is 3. The molecule has 0 bridgehead atoms. The van der Waals surface area contributed by atoms with Gasteiger partial charge in [-0.05, 0) is 27.1 Å². The zero-order valence-electron chi connectivity index (χ0n) is 9.89. The van der Waals surface area contributed by atoms with Gasteiger partial charge in [-0.25, -0.2) is 4.57 Å². The van der Waals surface area contributed by atoms with E-state index in [-0.39, 0.29) is 0 Å². The highest BCUT2D eigenvalue weighted by Gasteiger charge is 2.00. The minimum absolute atomic E-state index is 1.25. The summed E-state index contributed by atoms with van der Waals surface area (Å²) in [5.74, 6) is 0. The van der Waals surface area contributed by atoms with Crippen LogP contribution < -0.4 is 0 Å². The lowest BCUT2D eigenvalue weighted by Gasteiger charge is -2.07. The van der Waals surface area contributed by atoms with E-state index in [0.717, 1.165) is 0 Å². The smallest absolute Gasteiger partial charge is 0.309 e. The zero-order chi connectivity index (χ0) is 12.3. The van der Waals surface area contributed by atoms with Gasteiger partial charge in [-0.3, -0.25) is 0 Å². The predicted molar refractivity (Wildman–Crippen MR) is 61.6 cm³/mol. The zero-order valence-corrected chi connectivity index (χ0v) is 10.8. The molecule has 0 aliphatic carbocycles. The van der Waals surface area contributed by atoms with E-state index in [1.807, 2.05) is 0 Å². The largest absolute Gasteiger partial charge is 0.466 e. The summed E-state index contributed by atoms with van der Waals surface area (Å²) < 4.78 is 8.88. The Morgan fingerprint density at radius 3 is 1.73 bits per heavy atom. The number of unbranched alkanes of at least 4 members (excludes halogenated alkanes) is 4. The Kier molecular flexibility index (Phi) is 12.3. The van der Waals surface area contributed by atoms with E-state index in [2.05, 4.69) is 25.9 Å². The second-order valence-electron chi connectivity index (χ2n) is 3.73. The van der Waals surface area contributed by atoms with E-state index < -0.39 is 7.82 Å². The molecular formula is C9H24NO4P. The third-order valence-corrected chi connectivity index (χ3v) is 1.71. The highest BCUT2D eigenvalue weighted by Crippen LogP contribution is 2.25. The molecule has 6 heteroatoms. The van der Waals surface area contributed by atoms with E-state index >= 15 is 0 Å². The maximum atomic E-state index is 8.88. The Morgan fingerprint density at radius 1 is 1.00 bits per heavy atom. The predicted octanol–water partition coefficient (Wildman–Crippen LogP) is 1.59. The third kappa shape index (κ3) is 41.0. The Hall–Kier alpha value is 0.0700. The van der Waals surface area contributed by atoms with Crippen LogP contribution in [-0.2, 0) is 4.57 Å². The van der Waals surface area contributed by atoms with Crippen LogP contribution in [0.1, 0.15) is 39.0 Å². The van der Waals surface area contributed by atoms with Crippen LogP contribution in [0, 0.1) is 0 Å². The van der Waals surface area contributed by atoms with Crippen molar-refractivity contribution >= 4 is 7.82 Å². The van der Waals surface area contributed by atoms with E-state index in [1.165, 1.54) is 38.6 Å². The third-order valence-electron chi connectivity index (χ3n) is 1.71. The molecule has 15 heavy (non-hydrogen) atoms. The number of phosphoric acid groups is 1. The standard InChI is InChI=1S/C9H21N.H3O4P/c1-4-5-6-7-8-9-10(2)3;1-5(2,3)4/h4-9H2,1-3H3;(H3,1,2,3,4). The Labute approximate surface area is 92.4 Å². The van der Waals surface area contributed by atoms with Crippen molar-refractivity contribution in [3.63, 3.8) is 0 Å². The molecular weight excluding hydrogens is 217 g/mol. The molecule has 94 valence electrons. The molecule has 0 aromatic rings. The van der Waals surface area contributed by atoms with Crippen LogP contribution >= 0.6 is 7.82 Å². The summed E-state index contributed by atoms with van der Waals surface area (Å²) in [6.07, 6.45) is 6.96. The molecule has 0 amide bonds. The summed E-state index contributed by atoms with van der Waals surface area (Å²) in [6, 6.07) is 0. The van der Waals surface area contributed by atoms with Crippen molar-refractivity contribution in [3.05, 3.63) is 0 Å². The molecule has 0 aliphatic heterocycles. The van der Waals surface area contributed by atoms with Gasteiger partial charge < -0.3 is 19.6 Å².